The molecule has 3 heterocycles. The van der Waals surface area contributed by atoms with Gasteiger partial charge in [-0.15, -0.1) is 0 Å². The molecule has 0 spiro atoms. The molecular formula is C22H25N5O. The summed E-state index contributed by atoms with van der Waals surface area (Å²) in [5.74, 6) is 0. The Kier molecular flexibility index (Phi) is 4.28. The predicted molar refractivity (Wildman–Crippen MR) is 111 cm³/mol. The van der Waals surface area contributed by atoms with E-state index in [1.807, 2.05) is 32.7 Å². The van der Waals surface area contributed by atoms with Crippen LogP contribution < -0.4 is 10.2 Å². The number of aryl methyl sites for hydroxylation is 1. The van der Waals surface area contributed by atoms with Gasteiger partial charge in [-0.3, -0.25) is 4.90 Å². The first kappa shape index (κ1) is 17.3. The summed E-state index contributed by atoms with van der Waals surface area (Å²) in [7, 11) is 0. The Balaban J connectivity index is 1.54. The van der Waals surface area contributed by atoms with E-state index >= 15 is 0 Å². The topological polar surface area (TPSA) is 53.4 Å². The molecule has 6 nitrogen and oxygen atoms in total. The van der Waals surface area contributed by atoms with Gasteiger partial charge in [-0.05, 0) is 49.7 Å². The first-order valence-corrected chi connectivity index (χ1v) is 10.1. The van der Waals surface area contributed by atoms with Gasteiger partial charge < -0.3 is 10.2 Å². The van der Waals surface area contributed by atoms with Gasteiger partial charge in [0, 0.05) is 36.7 Å². The smallest absolute Gasteiger partial charge is 0.318 e. The largest absolute Gasteiger partial charge is 0.324 e. The molecule has 2 amide bonds. The number of amides is 2. The van der Waals surface area contributed by atoms with E-state index in [9.17, 15) is 4.79 Å². The van der Waals surface area contributed by atoms with Crippen LogP contribution in [-0.4, -0.2) is 52.9 Å². The molecule has 5 rings (SSSR count). The highest BCUT2D eigenvalue weighted by molar-refractivity contribution is 5.97. The molecule has 2 fully saturated rings. The van der Waals surface area contributed by atoms with Crippen molar-refractivity contribution < 1.29 is 4.79 Å². The van der Waals surface area contributed by atoms with Crippen LogP contribution >= 0.6 is 0 Å². The molecule has 1 unspecified atom stereocenters. The maximum Gasteiger partial charge on any atom is 0.324 e. The van der Waals surface area contributed by atoms with Gasteiger partial charge in [0.25, 0.3) is 0 Å². The molecule has 0 saturated carbocycles. The van der Waals surface area contributed by atoms with Gasteiger partial charge in [-0.1, -0.05) is 25.1 Å². The minimum atomic E-state index is 0.120. The predicted octanol–water partition coefficient (Wildman–Crippen LogP) is 3.19. The molecule has 28 heavy (non-hydrogen) atoms. The number of hydrogen-bond acceptors (Lipinski definition) is 3. The minimum Gasteiger partial charge on any atom is -0.318 e. The quantitative estimate of drug-likeness (QED) is 0.762. The van der Waals surface area contributed by atoms with Gasteiger partial charge in [-0.25, -0.2) is 9.48 Å². The number of aromatic nitrogens is 2. The lowest BCUT2D eigenvalue weighted by atomic mass is 10.1. The van der Waals surface area contributed by atoms with Gasteiger partial charge in [0.2, 0.25) is 0 Å². The average molecular weight is 375 g/mol. The molecule has 1 aromatic heterocycles. The third-order valence-electron chi connectivity index (χ3n) is 5.90. The Hall–Kier alpha value is -2.86. The lowest BCUT2D eigenvalue weighted by Gasteiger charge is -2.23. The van der Waals surface area contributed by atoms with Crippen LogP contribution in [0.2, 0.25) is 0 Å². The SMILES string of the molecule is CCc1nn(-c2ccccc2)c2cc(N3CCN(C4CCNC4)C3=O)ccc12. The summed E-state index contributed by atoms with van der Waals surface area (Å²) < 4.78 is 2.00. The number of fused-ring (bicyclic) bond motifs is 1. The molecule has 144 valence electrons. The summed E-state index contributed by atoms with van der Waals surface area (Å²) in [5.41, 5.74) is 4.12. The number of carbonyl (C=O) groups is 1. The zero-order chi connectivity index (χ0) is 19.1. The number of nitrogens with one attached hydrogen (secondary N) is 1. The van der Waals surface area contributed by atoms with Crippen LogP contribution in [0, 0.1) is 0 Å². The Bertz CT molecular complexity index is 1010. The molecule has 0 aliphatic carbocycles. The van der Waals surface area contributed by atoms with Crippen molar-refractivity contribution in [2.24, 2.45) is 0 Å². The van der Waals surface area contributed by atoms with Crippen LogP contribution in [-0.2, 0) is 6.42 Å². The number of hydrogen-bond donors (Lipinski definition) is 1. The Morgan fingerprint density at radius 2 is 1.96 bits per heavy atom. The molecule has 3 aromatic rings. The first-order valence-electron chi connectivity index (χ1n) is 10.1. The lowest BCUT2D eigenvalue weighted by molar-refractivity contribution is 0.205. The maximum atomic E-state index is 13.0. The molecule has 6 heteroatoms. The lowest BCUT2D eigenvalue weighted by Crippen LogP contribution is -2.40. The second-order valence-electron chi connectivity index (χ2n) is 7.52. The molecule has 0 bridgehead atoms. The Labute approximate surface area is 164 Å². The molecule has 1 atom stereocenters. The van der Waals surface area contributed by atoms with E-state index in [4.69, 9.17) is 5.10 Å². The highest BCUT2D eigenvalue weighted by atomic mass is 16.2. The fraction of sp³-hybridized carbons (Fsp3) is 0.364. The molecular weight excluding hydrogens is 350 g/mol. The number of anilines is 1. The number of rotatable bonds is 4. The maximum absolute atomic E-state index is 13.0. The second kappa shape index (κ2) is 6.95. The van der Waals surface area contributed by atoms with Crippen molar-refractivity contribution >= 4 is 22.6 Å². The van der Waals surface area contributed by atoms with Crippen molar-refractivity contribution in [1.29, 1.82) is 0 Å². The van der Waals surface area contributed by atoms with Crippen LogP contribution in [0.25, 0.3) is 16.6 Å². The van der Waals surface area contributed by atoms with Crippen LogP contribution in [0.5, 0.6) is 0 Å². The summed E-state index contributed by atoms with van der Waals surface area (Å²) in [6.07, 6.45) is 1.92. The van der Waals surface area contributed by atoms with Crippen LogP contribution in [0.3, 0.4) is 0 Å². The van der Waals surface area contributed by atoms with E-state index in [0.29, 0.717) is 6.04 Å². The number of benzene rings is 2. The third-order valence-corrected chi connectivity index (χ3v) is 5.90. The van der Waals surface area contributed by atoms with Crippen LogP contribution in [0.15, 0.2) is 48.5 Å². The summed E-state index contributed by atoms with van der Waals surface area (Å²) in [5, 5.41) is 9.35. The average Bonchev–Trinajstić information content (AvgIpc) is 3.46. The highest BCUT2D eigenvalue weighted by Crippen LogP contribution is 2.30. The van der Waals surface area contributed by atoms with E-state index in [0.717, 1.165) is 67.0 Å². The minimum absolute atomic E-state index is 0.120. The van der Waals surface area contributed by atoms with Crippen LogP contribution in [0.4, 0.5) is 10.5 Å². The third kappa shape index (κ3) is 2.76. The molecule has 2 aliphatic heterocycles. The van der Waals surface area contributed by atoms with Gasteiger partial charge in [0.1, 0.15) is 0 Å². The van der Waals surface area contributed by atoms with Gasteiger partial charge >= 0.3 is 6.03 Å². The zero-order valence-corrected chi connectivity index (χ0v) is 16.1. The van der Waals surface area contributed by atoms with Gasteiger partial charge in [-0.2, -0.15) is 5.10 Å². The number of nitrogens with zero attached hydrogens (tertiary/aromatic N) is 4. The van der Waals surface area contributed by atoms with Crippen LogP contribution in [0.1, 0.15) is 19.0 Å². The van der Waals surface area contributed by atoms with E-state index in [-0.39, 0.29) is 6.03 Å². The zero-order valence-electron chi connectivity index (χ0n) is 16.1. The second-order valence-corrected chi connectivity index (χ2v) is 7.52. The molecule has 2 aliphatic rings. The fourth-order valence-corrected chi connectivity index (χ4v) is 4.40. The Morgan fingerprint density at radius 1 is 1.11 bits per heavy atom. The van der Waals surface area contributed by atoms with E-state index in [2.05, 4.69) is 42.6 Å². The molecule has 2 aromatic carbocycles. The van der Waals surface area contributed by atoms with E-state index in [1.165, 1.54) is 0 Å². The molecule has 2 saturated heterocycles. The highest BCUT2D eigenvalue weighted by Gasteiger charge is 2.35. The van der Waals surface area contributed by atoms with E-state index in [1.54, 1.807) is 0 Å². The molecule has 0 radical (unpaired) electrons. The Morgan fingerprint density at radius 3 is 2.71 bits per heavy atom. The number of carbonyl (C=O) groups excluding carboxylic acids is 1. The monoisotopic (exact) mass is 375 g/mol. The number of urea groups is 1. The summed E-state index contributed by atoms with van der Waals surface area (Å²) in [6.45, 7) is 5.56. The van der Waals surface area contributed by atoms with Crippen molar-refractivity contribution in [1.82, 2.24) is 20.0 Å². The fourth-order valence-electron chi connectivity index (χ4n) is 4.40. The standard InChI is InChI=1S/C22H25N5O/c1-2-20-19-9-8-17(14-21(19)27(24-20)16-6-4-3-5-7-16)25-12-13-26(22(25)28)18-10-11-23-15-18/h3-9,14,18,23H,2,10-13,15H2,1H3. The van der Waals surface area contributed by atoms with Gasteiger partial charge in [0.15, 0.2) is 0 Å². The number of para-hydroxylation sites is 1. The molecule has 1 N–H and O–H groups in total. The normalized spacial score (nSPS) is 19.9. The van der Waals surface area contributed by atoms with Crippen molar-refractivity contribution in [3.8, 4) is 5.69 Å². The summed E-state index contributed by atoms with van der Waals surface area (Å²) >= 11 is 0. The summed E-state index contributed by atoms with van der Waals surface area (Å²) in [6, 6.07) is 16.9. The first-order chi connectivity index (χ1) is 13.8. The van der Waals surface area contributed by atoms with Gasteiger partial charge in [0.05, 0.1) is 16.9 Å². The van der Waals surface area contributed by atoms with Crippen molar-refractivity contribution in [2.75, 3.05) is 31.1 Å². The van der Waals surface area contributed by atoms with Crippen molar-refractivity contribution in [2.45, 2.75) is 25.8 Å². The van der Waals surface area contributed by atoms with E-state index < -0.39 is 0 Å². The summed E-state index contributed by atoms with van der Waals surface area (Å²) in [4.78, 5) is 17.0. The van der Waals surface area contributed by atoms with Crippen molar-refractivity contribution in [3.05, 3.63) is 54.2 Å². The van der Waals surface area contributed by atoms with Crippen molar-refractivity contribution in [3.63, 3.8) is 0 Å².